The van der Waals surface area contributed by atoms with Crippen LogP contribution < -0.4 is 0 Å². The van der Waals surface area contributed by atoms with E-state index in [0.717, 1.165) is 43.2 Å². The predicted molar refractivity (Wildman–Crippen MR) is 117 cm³/mol. The summed E-state index contributed by atoms with van der Waals surface area (Å²) in [5, 5.41) is 0. The Morgan fingerprint density at radius 2 is 1.93 bits per heavy atom. The van der Waals surface area contributed by atoms with E-state index < -0.39 is 0 Å². The van der Waals surface area contributed by atoms with Crippen molar-refractivity contribution < 1.29 is 4.42 Å². The molecule has 1 aliphatic rings. The average Bonchev–Trinajstić information content (AvgIpc) is 3.31. The summed E-state index contributed by atoms with van der Waals surface area (Å²) < 4.78 is 5.42. The first-order valence-corrected chi connectivity index (χ1v) is 10.3. The molecule has 1 aromatic carbocycles. The molecule has 0 unspecified atom stereocenters. The molecular formula is C25H24N4O. The van der Waals surface area contributed by atoms with Crippen LogP contribution in [0.2, 0.25) is 0 Å². The maximum absolute atomic E-state index is 5.42. The molecule has 4 heterocycles. The first-order chi connectivity index (χ1) is 14.7. The smallest absolute Gasteiger partial charge is 0.195 e. The molecule has 0 bridgehead atoms. The topological polar surface area (TPSA) is 55.1 Å². The summed E-state index contributed by atoms with van der Waals surface area (Å²) in [6.07, 6.45) is 6.51. The number of fused-ring (bicyclic) bond motifs is 1. The van der Waals surface area contributed by atoms with Crippen molar-refractivity contribution in [3.8, 4) is 22.8 Å². The second kappa shape index (κ2) is 7.84. The molecule has 5 rings (SSSR count). The van der Waals surface area contributed by atoms with Gasteiger partial charge in [0.1, 0.15) is 0 Å². The molecule has 0 aliphatic carbocycles. The molecule has 1 aliphatic heterocycles. The third kappa shape index (κ3) is 3.64. The van der Waals surface area contributed by atoms with Gasteiger partial charge in [0.15, 0.2) is 11.6 Å². The molecule has 0 N–H and O–H groups in total. The van der Waals surface area contributed by atoms with Crippen molar-refractivity contribution in [3.05, 3.63) is 89.1 Å². The molecule has 0 radical (unpaired) electrons. The molecule has 0 saturated heterocycles. The van der Waals surface area contributed by atoms with Gasteiger partial charge in [-0.3, -0.25) is 9.88 Å². The molecule has 5 nitrogen and oxygen atoms in total. The van der Waals surface area contributed by atoms with E-state index >= 15 is 0 Å². The maximum atomic E-state index is 5.42. The molecule has 3 aromatic heterocycles. The molecule has 4 aromatic rings. The molecule has 0 atom stereocenters. The van der Waals surface area contributed by atoms with Crippen LogP contribution in [0.5, 0.6) is 0 Å². The third-order valence-electron chi connectivity index (χ3n) is 5.87. The average molecular weight is 396 g/mol. The highest BCUT2D eigenvalue weighted by atomic mass is 16.3. The number of hydrogen-bond acceptors (Lipinski definition) is 5. The van der Waals surface area contributed by atoms with Crippen LogP contribution in [0.3, 0.4) is 0 Å². The molecule has 0 amide bonds. The van der Waals surface area contributed by atoms with Crippen molar-refractivity contribution in [1.82, 2.24) is 19.9 Å². The van der Waals surface area contributed by atoms with Gasteiger partial charge < -0.3 is 4.42 Å². The monoisotopic (exact) mass is 396 g/mol. The first kappa shape index (κ1) is 18.7. The number of hydrogen-bond donors (Lipinski definition) is 0. The second-order valence-corrected chi connectivity index (χ2v) is 7.90. The van der Waals surface area contributed by atoms with Crippen LogP contribution in [-0.2, 0) is 19.5 Å². The van der Waals surface area contributed by atoms with Crippen LogP contribution in [0.1, 0.15) is 27.9 Å². The Labute approximate surface area is 176 Å². The largest absolute Gasteiger partial charge is 0.461 e. The Bertz CT molecular complexity index is 1170. The Morgan fingerprint density at radius 3 is 2.73 bits per heavy atom. The molecule has 0 saturated carbocycles. The summed E-state index contributed by atoms with van der Waals surface area (Å²) in [7, 11) is 0. The van der Waals surface area contributed by atoms with Gasteiger partial charge >= 0.3 is 0 Å². The van der Waals surface area contributed by atoms with Crippen molar-refractivity contribution in [1.29, 1.82) is 0 Å². The number of rotatable bonds is 4. The van der Waals surface area contributed by atoms with Gasteiger partial charge in [-0.25, -0.2) is 9.97 Å². The van der Waals surface area contributed by atoms with E-state index in [-0.39, 0.29) is 0 Å². The Kier molecular flexibility index (Phi) is 4.89. The molecule has 5 heteroatoms. The van der Waals surface area contributed by atoms with E-state index in [1.54, 1.807) is 6.26 Å². The summed E-state index contributed by atoms with van der Waals surface area (Å²) >= 11 is 0. The van der Waals surface area contributed by atoms with Crippen molar-refractivity contribution >= 4 is 0 Å². The van der Waals surface area contributed by atoms with Crippen LogP contribution >= 0.6 is 0 Å². The summed E-state index contributed by atoms with van der Waals surface area (Å²) in [5.74, 6) is 1.38. The fourth-order valence-electron chi connectivity index (χ4n) is 4.00. The SMILES string of the molecule is Cc1cccc(-c2ccc(CN3CCc4nc(-c5ccco5)ncc4C3)cn2)c1C. The lowest BCUT2D eigenvalue weighted by molar-refractivity contribution is 0.242. The zero-order chi connectivity index (χ0) is 20.5. The Balaban J connectivity index is 1.29. The zero-order valence-corrected chi connectivity index (χ0v) is 17.3. The van der Waals surface area contributed by atoms with E-state index in [1.807, 2.05) is 24.5 Å². The van der Waals surface area contributed by atoms with E-state index in [1.165, 1.54) is 27.8 Å². The fraction of sp³-hybridized carbons (Fsp3) is 0.240. The van der Waals surface area contributed by atoms with Gasteiger partial charge in [-0.15, -0.1) is 0 Å². The van der Waals surface area contributed by atoms with Gasteiger partial charge in [0, 0.05) is 49.6 Å². The van der Waals surface area contributed by atoms with Crippen molar-refractivity contribution in [2.24, 2.45) is 0 Å². The molecule has 30 heavy (non-hydrogen) atoms. The normalized spacial score (nSPS) is 13.9. The zero-order valence-electron chi connectivity index (χ0n) is 17.3. The quantitative estimate of drug-likeness (QED) is 0.487. The predicted octanol–water partition coefficient (Wildman–Crippen LogP) is 4.97. The van der Waals surface area contributed by atoms with Crippen LogP contribution in [0, 0.1) is 13.8 Å². The minimum Gasteiger partial charge on any atom is -0.461 e. The third-order valence-corrected chi connectivity index (χ3v) is 5.87. The number of pyridine rings is 1. The lowest BCUT2D eigenvalue weighted by atomic mass is 10.0. The first-order valence-electron chi connectivity index (χ1n) is 10.3. The minimum atomic E-state index is 0.665. The van der Waals surface area contributed by atoms with Crippen molar-refractivity contribution in [2.75, 3.05) is 6.54 Å². The van der Waals surface area contributed by atoms with Gasteiger partial charge in [0.2, 0.25) is 0 Å². The van der Waals surface area contributed by atoms with Crippen LogP contribution in [0.15, 0.2) is 65.5 Å². The number of aromatic nitrogens is 3. The van der Waals surface area contributed by atoms with Crippen molar-refractivity contribution in [2.45, 2.75) is 33.4 Å². The highest BCUT2D eigenvalue weighted by Crippen LogP contribution is 2.25. The Hall–Kier alpha value is -3.31. The lowest BCUT2D eigenvalue weighted by Crippen LogP contribution is -2.31. The van der Waals surface area contributed by atoms with E-state index in [2.05, 4.69) is 54.1 Å². The minimum absolute atomic E-state index is 0.665. The second-order valence-electron chi connectivity index (χ2n) is 7.90. The van der Waals surface area contributed by atoms with Gasteiger partial charge in [-0.1, -0.05) is 24.3 Å². The van der Waals surface area contributed by atoms with Crippen LogP contribution in [0.4, 0.5) is 0 Å². The molecule has 0 fully saturated rings. The highest BCUT2D eigenvalue weighted by molar-refractivity contribution is 5.64. The van der Waals surface area contributed by atoms with Gasteiger partial charge in [-0.2, -0.15) is 0 Å². The summed E-state index contributed by atoms with van der Waals surface area (Å²) in [6.45, 7) is 7.00. The van der Waals surface area contributed by atoms with Crippen molar-refractivity contribution in [3.63, 3.8) is 0 Å². The summed E-state index contributed by atoms with van der Waals surface area (Å²) in [6, 6.07) is 14.5. The van der Waals surface area contributed by atoms with Crippen LogP contribution in [-0.4, -0.2) is 26.4 Å². The number of benzene rings is 1. The Morgan fingerprint density at radius 1 is 1.00 bits per heavy atom. The van der Waals surface area contributed by atoms with E-state index in [9.17, 15) is 0 Å². The van der Waals surface area contributed by atoms with Gasteiger partial charge in [-0.05, 0) is 48.7 Å². The number of aryl methyl sites for hydroxylation is 1. The standard InChI is InChI=1S/C25H24N4O/c1-17-5-3-6-21(18(17)2)23-9-8-19(13-26-23)15-29-11-10-22-20(16-29)14-27-25(28-22)24-7-4-12-30-24/h3-9,12-14H,10-11,15-16H2,1-2H3. The molecule has 0 spiro atoms. The van der Waals surface area contributed by atoms with Gasteiger partial charge in [0.25, 0.3) is 0 Å². The highest BCUT2D eigenvalue weighted by Gasteiger charge is 2.19. The maximum Gasteiger partial charge on any atom is 0.195 e. The van der Waals surface area contributed by atoms with Gasteiger partial charge in [0.05, 0.1) is 17.7 Å². The summed E-state index contributed by atoms with van der Waals surface area (Å²) in [4.78, 5) is 16.4. The molecule has 150 valence electrons. The molecular weight excluding hydrogens is 372 g/mol. The van der Waals surface area contributed by atoms with E-state index in [4.69, 9.17) is 14.4 Å². The number of furan rings is 1. The summed E-state index contributed by atoms with van der Waals surface area (Å²) in [5.41, 5.74) is 8.36. The van der Waals surface area contributed by atoms with E-state index in [0.29, 0.717) is 5.82 Å². The van der Waals surface area contributed by atoms with Crippen LogP contribution in [0.25, 0.3) is 22.8 Å². The number of nitrogens with zero attached hydrogens (tertiary/aromatic N) is 4. The lowest BCUT2D eigenvalue weighted by Gasteiger charge is -2.28. The fourth-order valence-corrected chi connectivity index (χ4v) is 4.00.